The number of alkyl halides is 2. The first-order chi connectivity index (χ1) is 18.1. The topological polar surface area (TPSA) is 199 Å². The number of aliphatic hydroxyl groups is 2. The molecule has 2 amide bonds. The predicted molar refractivity (Wildman–Crippen MR) is 134 cm³/mol. The first-order valence-electron chi connectivity index (χ1n) is 12.6. The molecule has 0 aliphatic carbocycles. The van der Waals surface area contributed by atoms with Gasteiger partial charge in [0.25, 0.3) is 11.8 Å². The molecule has 1 fully saturated rings. The lowest BCUT2D eigenvalue weighted by Crippen LogP contribution is -2.79. The van der Waals surface area contributed by atoms with Gasteiger partial charge in [0.2, 0.25) is 11.4 Å². The molecule has 1 saturated heterocycles. The molecule has 0 saturated carbocycles. The maximum absolute atomic E-state index is 13.5. The Hall–Kier alpha value is -3.72. The number of hydrogen-bond donors (Lipinski definition) is 8. The maximum atomic E-state index is 13.5. The number of carbonyl (C=O) groups is 2. The third-order valence-corrected chi connectivity index (χ3v) is 8.02. The SMILES string of the molecule is CC(F)(F)C(=O)NC[C@@H]1NC(N)=[N+]2CC(NC(=O)c3cccc4c3OCCC4(C)C)C(O)(O)[C@@]23NC(N)=N[C@@H]13. The van der Waals surface area contributed by atoms with E-state index < -0.39 is 47.3 Å². The van der Waals surface area contributed by atoms with Gasteiger partial charge in [0.1, 0.15) is 23.9 Å². The molecular weight excluding hydrogens is 518 g/mol. The third-order valence-electron chi connectivity index (χ3n) is 8.02. The summed E-state index contributed by atoms with van der Waals surface area (Å²) in [6.45, 7) is 4.45. The molecule has 4 aliphatic rings. The van der Waals surface area contributed by atoms with Gasteiger partial charge in [0.15, 0.2) is 5.96 Å². The van der Waals surface area contributed by atoms with Gasteiger partial charge in [-0.05, 0) is 17.9 Å². The summed E-state index contributed by atoms with van der Waals surface area (Å²) >= 11 is 0. The van der Waals surface area contributed by atoms with Crippen molar-refractivity contribution < 1.29 is 37.9 Å². The smallest absolute Gasteiger partial charge is 0.346 e. The number of guanidine groups is 2. The number of amides is 2. The van der Waals surface area contributed by atoms with E-state index in [1.54, 1.807) is 12.1 Å². The maximum Gasteiger partial charge on any atom is 0.346 e. The van der Waals surface area contributed by atoms with E-state index in [0.29, 0.717) is 19.3 Å². The summed E-state index contributed by atoms with van der Waals surface area (Å²) in [5.74, 6) is -8.24. The van der Waals surface area contributed by atoms with Crippen LogP contribution in [0.3, 0.4) is 0 Å². The fourth-order valence-electron chi connectivity index (χ4n) is 5.87. The minimum Gasteiger partial charge on any atom is -0.492 e. The molecule has 4 atom stereocenters. The van der Waals surface area contributed by atoms with E-state index in [-0.39, 0.29) is 36.0 Å². The van der Waals surface area contributed by atoms with Gasteiger partial charge in [0.05, 0.1) is 25.3 Å². The Morgan fingerprint density at radius 2 is 2.03 bits per heavy atom. The molecule has 1 aromatic carbocycles. The average Bonchev–Trinajstić information content (AvgIpc) is 3.31. The molecule has 0 aromatic heterocycles. The molecule has 0 radical (unpaired) electrons. The summed E-state index contributed by atoms with van der Waals surface area (Å²) in [6, 6.07) is 1.86. The molecular formula is C24H33F2N8O5+. The molecule has 1 spiro atoms. The van der Waals surface area contributed by atoms with Crippen molar-refractivity contribution in [1.29, 1.82) is 0 Å². The lowest BCUT2D eigenvalue weighted by Gasteiger charge is -2.43. The molecule has 5 rings (SSSR count). The minimum absolute atomic E-state index is 0.0578. The average molecular weight is 552 g/mol. The van der Waals surface area contributed by atoms with Crippen LogP contribution < -0.4 is 37.5 Å². The van der Waals surface area contributed by atoms with Crippen LogP contribution >= 0.6 is 0 Å². The zero-order chi connectivity index (χ0) is 28.5. The van der Waals surface area contributed by atoms with Gasteiger partial charge < -0.3 is 36.6 Å². The fourth-order valence-corrected chi connectivity index (χ4v) is 5.87. The molecule has 39 heavy (non-hydrogen) atoms. The number of rotatable bonds is 5. The van der Waals surface area contributed by atoms with Gasteiger partial charge in [-0.15, -0.1) is 0 Å². The highest BCUT2D eigenvalue weighted by Gasteiger charge is 2.75. The predicted octanol–water partition coefficient (Wildman–Crippen LogP) is -2.41. The summed E-state index contributed by atoms with van der Waals surface area (Å²) in [6.07, 6.45) is 0.773. The van der Waals surface area contributed by atoms with Gasteiger partial charge in [-0.1, -0.05) is 26.0 Å². The van der Waals surface area contributed by atoms with Gasteiger partial charge in [-0.2, -0.15) is 8.78 Å². The Morgan fingerprint density at radius 3 is 2.72 bits per heavy atom. The Balaban J connectivity index is 1.44. The van der Waals surface area contributed by atoms with Crippen LogP contribution in [0, 0.1) is 0 Å². The monoisotopic (exact) mass is 551 g/mol. The Labute approximate surface area is 222 Å². The van der Waals surface area contributed by atoms with Crippen molar-refractivity contribution in [3.63, 3.8) is 0 Å². The zero-order valence-corrected chi connectivity index (χ0v) is 21.7. The molecule has 4 aliphatic heterocycles. The number of nitrogens with zero attached hydrogens (tertiary/aromatic N) is 2. The van der Waals surface area contributed by atoms with Gasteiger partial charge in [0, 0.05) is 12.5 Å². The second-order valence-corrected chi connectivity index (χ2v) is 11.1. The van der Waals surface area contributed by atoms with Crippen LogP contribution in [0.2, 0.25) is 0 Å². The number of carbonyl (C=O) groups excluding carboxylic acids is 2. The first kappa shape index (κ1) is 26.9. The van der Waals surface area contributed by atoms with Crippen molar-refractivity contribution in [2.45, 2.75) is 68.1 Å². The van der Waals surface area contributed by atoms with Gasteiger partial charge in [-0.25, -0.2) is 9.57 Å². The molecule has 1 aromatic rings. The summed E-state index contributed by atoms with van der Waals surface area (Å²) in [5, 5.41) is 33.6. The normalized spacial score (nSPS) is 30.0. The Bertz CT molecular complexity index is 1290. The van der Waals surface area contributed by atoms with Crippen molar-refractivity contribution >= 4 is 23.7 Å². The van der Waals surface area contributed by atoms with E-state index in [2.05, 4.69) is 40.1 Å². The highest BCUT2D eigenvalue weighted by atomic mass is 19.3. The number of halogens is 2. The number of benzene rings is 1. The Morgan fingerprint density at radius 1 is 1.31 bits per heavy atom. The standard InChI is InChI=1S/C24H32F2N8O5/c1-21(2)7-8-39-15-11(5-4-6-12(15)21)17(35)31-14-10-34-20(28)30-13(9-29-18(36)22(3,25)26)16-23(34,24(14,37)38)33-19(27)32-16/h4-6,13-14,16,37-38H,7-10H2,1-3H3,(H7,27,28,29,30,31,32,33,35,36)/p+1/t13-,14?,16-,23-/m0/s1. The van der Waals surface area contributed by atoms with Gasteiger partial charge >= 0.3 is 11.9 Å². The minimum atomic E-state index is -3.63. The summed E-state index contributed by atoms with van der Waals surface area (Å²) in [4.78, 5) is 29.5. The second-order valence-electron chi connectivity index (χ2n) is 11.1. The quantitative estimate of drug-likeness (QED) is 0.145. The lowest BCUT2D eigenvalue weighted by atomic mass is 9.79. The number of fused-ring (bicyclic) bond motifs is 1. The number of hydrogen-bond acceptors (Lipinski definition) is 10. The summed E-state index contributed by atoms with van der Waals surface area (Å²) in [5.41, 5.74) is 11.2. The number of aliphatic imine (C=N–C) groups is 1. The number of ether oxygens (including phenoxy) is 1. The highest BCUT2D eigenvalue weighted by molar-refractivity contribution is 5.98. The summed E-state index contributed by atoms with van der Waals surface area (Å²) in [7, 11) is 0. The van der Waals surface area contributed by atoms with E-state index >= 15 is 0 Å². The van der Waals surface area contributed by atoms with Crippen LogP contribution in [0.25, 0.3) is 0 Å². The summed E-state index contributed by atoms with van der Waals surface area (Å²) < 4.78 is 34.0. The van der Waals surface area contributed by atoms with Crippen LogP contribution in [0.15, 0.2) is 23.2 Å². The largest absolute Gasteiger partial charge is 0.492 e. The van der Waals surface area contributed by atoms with Crippen molar-refractivity contribution in [1.82, 2.24) is 21.3 Å². The van der Waals surface area contributed by atoms with E-state index in [1.807, 2.05) is 6.07 Å². The van der Waals surface area contributed by atoms with Gasteiger partial charge in [-0.3, -0.25) is 20.6 Å². The molecule has 10 N–H and O–H groups in total. The molecule has 15 heteroatoms. The first-order valence-corrected chi connectivity index (χ1v) is 12.6. The van der Waals surface area contributed by atoms with E-state index in [0.717, 1.165) is 12.0 Å². The van der Waals surface area contributed by atoms with Crippen molar-refractivity contribution in [2.75, 3.05) is 19.7 Å². The van der Waals surface area contributed by atoms with E-state index in [9.17, 15) is 28.6 Å². The molecule has 13 nitrogen and oxygen atoms in total. The second kappa shape index (κ2) is 8.64. The number of nitrogens with one attached hydrogen (secondary N) is 4. The van der Waals surface area contributed by atoms with Crippen molar-refractivity contribution in [3.8, 4) is 5.75 Å². The third kappa shape index (κ3) is 4.02. The number of nitrogens with two attached hydrogens (primary N) is 2. The van der Waals surface area contributed by atoms with Crippen molar-refractivity contribution in [3.05, 3.63) is 29.3 Å². The zero-order valence-electron chi connectivity index (χ0n) is 21.7. The van der Waals surface area contributed by atoms with E-state index in [4.69, 9.17) is 16.2 Å². The molecule has 1 unspecified atom stereocenters. The van der Waals surface area contributed by atoms with Crippen molar-refractivity contribution in [2.24, 2.45) is 16.5 Å². The lowest BCUT2D eigenvalue weighted by molar-refractivity contribution is -0.623. The highest BCUT2D eigenvalue weighted by Crippen LogP contribution is 2.43. The Kier molecular flexibility index (Phi) is 5.95. The van der Waals surface area contributed by atoms with Crippen LogP contribution in [0.5, 0.6) is 5.75 Å². The molecule has 0 bridgehead atoms. The fraction of sp³-hybridized carbons (Fsp3) is 0.583. The van der Waals surface area contributed by atoms with Crippen LogP contribution in [-0.4, -0.2) is 93.7 Å². The van der Waals surface area contributed by atoms with Crippen LogP contribution in [0.4, 0.5) is 8.78 Å². The number of para-hydroxylation sites is 1. The molecule has 212 valence electrons. The van der Waals surface area contributed by atoms with Crippen LogP contribution in [-0.2, 0) is 10.2 Å². The van der Waals surface area contributed by atoms with E-state index in [1.165, 1.54) is 4.58 Å². The molecule has 4 heterocycles. The van der Waals surface area contributed by atoms with Crippen LogP contribution in [0.1, 0.15) is 43.1 Å².